The van der Waals surface area contributed by atoms with E-state index in [1.165, 1.54) is 5.56 Å². The van der Waals surface area contributed by atoms with Gasteiger partial charge >= 0.3 is 0 Å². The second-order valence-corrected chi connectivity index (χ2v) is 7.41. The fraction of sp³-hybridized carbons (Fsp3) is 0.368. The highest BCUT2D eigenvalue weighted by molar-refractivity contribution is 7.44. The Kier molecular flexibility index (Phi) is 6.22. The van der Waals surface area contributed by atoms with Crippen LogP contribution in [0.2, 0.25) is 0 Å². The highest BCUT2D eigenvalue weighted by atomic mass is 31.2. The first-order valence-corrected chi connectivity index (χ1v) is 9.41. The Labute approximate surface area is 144 Å². The van der Waals surface area contributed by atoms with Gasteiger partial charge < -0.3 is 19.6 Å². The van der Waals surface area contributed by atoms with Gasteiger partial charge in [0.1, 0.15) is 11.5 Å². The molecular formula is C19H25O4P. The quantitative estimate of drug-likeness (QED) is 0.679. The standard InChI is InChI=1S/C19H25O4P/c1-12(2)17-9-15(5-6-19(17)20)10-18-13(3)7-16(8-14(18)4)23-11-24(21)22/h5-9,12,20-22H,10-11H2,1-4H3. The number of rotatable bonds is 6. The molecule has 0 spiro atoms. The molecule has 0 bridgehead atoms. The summed E-state index contributed by atoms with van der Waals surface area (Å²) in [7, 11) is -2.05. The van der Waals surface area contributed by atoms with E-state index in [0.29, 0.717) is 11.5 Å². The SMILES string of the molecule is Cc1cc(OCP(O)O)cc(C)c1Cc1ccc(O)c(C(C)C)c1. The van der Waals surface area contributed by atoms with Gasteiger partial charge in [-0.1, -0.05) is 26.0 Å². The minimum absolute atomic E-state index is 0.0801. The Morgan fingerprint density at radius 1 is 1.04 bits per heavy atom. The molecule has 0 heterocycles. The summed E-state index contributed by atoms with van der Waals surface area (Å²) >= 11 is 0. The van der Waals surface area contributed by atoms with Gasteiger partial charge in [-0.3, -0.25) is 0 Å². The number of ether oxygens (including phenoxy) is 1. The third kappa shape index (κ3) is 4.70. The van der Waals surface area contributed by atoms with E-state index in [4.69, 9.17) is 14.5 Å². The van der Waals surface area contributed by atoms with Crippen LogP contribution in [0.1, 0.15) is 47.6 Å². The Hall–Kier alpha value is -1.61. The van der Waals surface area contributed by atoms with E-state index in [1.54, 1.807) is 6.07 Å². The molecule has 0 fully saturated rings. The van der Waals surface area contributed by atoms with Gasteiger partial charge in [-0.25, -0.2) is 0 Å². The first kappa shape index (κ1) is 18.7. The van der Waals surface area contributed by atoms with Crippen LogP contribution in [0, 0.1) is 13.8 Å². The lowest BCUT2D eigenvalue weighted by Gasteiger charge is -2.15. The van der Waals surface area contributed by atoms with Crippen molar-refractivity contribution in [3.63, 3.8) is 0 Å². The van der Waals surface area contributed by atoms with E-state index in [2.05, 4.69) is 19.9 Å². The second-order valence-electron chi connectivity index (χ2n) is 6.41. The summed E-state index contributed by atoms with van der Waals surface area (Å²) in [5, 5.41) is 9.97. The molecule has 0 unspecified atom stereocenters. The zero-order chi connectivity index (χ0) is 17.9. The predicted molar refractivity (Wildman–Crippen MR) is 97.8 cm³/mol. The molecule has 0 saturated carbocycles. The van der Waals surface area contributed by atoms with Crippen molar-refractivity contribution < 1.29 is 19.6 Å². The zero-order valence-corrected chi connectivity index (χ0v) is 15.5. The van der Waals surface area contributed by atoms with Gasteiger partial charge in [0.05, 0.1) is 0 Å². The molecule has 2 aromatic carbocycles. The normalized spacial score (nSPS) is 11.3. The Bertz CT molecular complexity index is 688. The molecule has 0 amide bonds. The van der Waals surface area contributed by atoms with Crippen LogP contribution < -0.4 is 4.74 Å². The van der Waals surface area contributed by atoms with Gasteiger partial charge in [-0.05, 0) is 72.2 Å². The van der Waals surface area contributed by atoms with Crippen molar-refractivity contribution >= 4 is 8.38 Å². The van der Waals surface area contributed by atoms with Gasteiger partial charge in [-0.2, -0.15) is 0 Å². The molecular weight excluding hydrogens is 323 g/mol. The Balaban J connectivity index is 2.25. The van der Waals surface area contributed by atoms with Crippen molar-refractivity contribution in [2.75, 3.05) is 6.35 Å². The molecule has 2 rings (SSSR count). The first-order valence-electron chi connectivity index (χ1n) is 7.98. The monoisotopic (exact) mass is 348 g/mol. The summed E-state index contributed by atoms with van der Waals surface area (Å²) < 4.78 is 5.40. The average Bonchev–Trinajstić information content (AvgIpc) is 2.50. The maximum absolute atomic E-state index is 9.97. The van der Waals surface area contributed by atoms with Gasteiger partial charge in [0.15, 0.2) is 6.35 Å². The van der Waals surface area contributed by atoms with Gasteiger partial charge in [0, 0.05) is 0 Å². The fourth-order valence-electron chi connectivity index (χ4n) is 2.83. The first-order chi connectivity index (χ1) is 11.3. The van der Waals surface area contributed by atoms with E-state index in [-0.39, 0.29) is 12.3 Å². The molecule has 0 saturated heterocycles. The van der Waals surface area contributed by atoms with Crippen LogP contribution in [0.15, 0.2) is 30.3 Å². The molecule has 0 atom stereocenters. The van der Waals surface area contributed by atoms with E-state index < -0.39 is 8.38 Å². The third-order valence-electron chi connectivity index (χ3n) is 4.11. The largest absolute Gasteiger partial charge is 0.508 e. The van der Waals surface area contributed by atoms with E-state index in [0.717, 1.165) is 28.7 Å². The van der Waals surface area contributed by atoms with Gasteiger partial charge in [0.25, 0.3) is 0 Å². The Morgan fingerprint density at radius 2 is 1.67 bits per heavy atom. The summed E-state index contributed by atoms with van der Waals surface area (Å²) in [6, 6.07) is 9.62. The van der Waals surface area contributed by atoms with Crippen molar-refractivity contribution in [1.29, 1.82) is 0 Å². The van der Waals surface area contributed by atoms with Crippen LogP contribution in [-0.4, -0.2) is 21.2 Å². The lowest BCUT2D eigenvalue weighted by atomic mass is 9.93. The van der Waals surface area contributed by atoms with Crippen LogP contribution in [0.3, 0.4) is 0 Å². The van der Waals surface area contributed by atoms with Crippen molar-refractivity contribution in [2.45, 2.75) is 40.0 Å². The smallest absolute Gasteiger partial charge is 0.205 e. The molecule has 0 aliphatic rings. The molecule has 0 aliphatic heterocycles. The van der Waals surface area contributed by atoms with Gasteiger partial charge in [0.2, 0.25) is 8.38 Å². The van der Waals surface area contributed by atoms with Crippen LogP contribution >= 0.6 is 8.38 Å². The summed E-state index contributed by atoms with van der Waals surface area (Å²) in [5.74, 6) is 1.27. The molecule has 5 heteroatoms. The molecule has 2 aromatic rings. The summed E-state index contributed by atoms with van der Waals surface area (Å²) in [5.41, 5.74) is 5.54. The summed E-state index contributed by atoms with van der Waals surface area (Å²) in [4.78, 5) is 17.9. The van der Waals surface area contributed by atoms with Crippen molar-refractivity contribution in [3.05, 3.63) is 58.1 Å². The number of phenolic OH excluding ortho intramolecular Hbond substituents is 1. The summed E-state index contributed by atoms with van der Waals surface area (Å²) in [6.07, 6.45) is 0.702. The van der Waals surface area contributed by atoms with Crippen LogP contribution in [-0.2, 0) is 6.42 Å². The van der Waals surface area contributed by atoms with Crippen molar-refractivity contribution in [1.82, 2.24) is 0 Å². The second kappa shape index (κ2) is 7.98. The maximum atomic E-state index is 9.97. The van der Waals surface area contributed by atoms with Crippen LogP contribution in [0.25, 0.3) is 0 Å². The maximum Gasteiger partial charge on any atom is 0.205 e. The third-order valence-corrected chi connectivity index (χ3v) is 4.47. The molecule has 130 valence electrons. The molecule has 0 aliphatic carbocycles. The van der Waals surface area contributed by atoms with Gasteiger partial charge in [-0.15, -0.1) is 0 Å². The highest BCUT2D eigenvalue weighted by Crippen LogP contribution is 2.30. The number of hydrogen-bond donors (Lipinski definition) is 3. The molecule has 3 N–H and O–H groups in total. The zero-order valence-electron chi connectivity index (χ0n) is 14.6. The van der Waals surface area contributed by atoms with Crippen LogP contribution in [0.5, 0.6) is 11.5 Å². The van der Waals surface area contributed by atoms with E-state index in [9.17, 15) is 5.11 Å². The molecule has 24 heavy (non-hydrogen) atoms. The lowest BCUT2D eigenvalue weighted by molar-refractivity contribution is 0.347. The van der Waals surface area contributed by atoms with E-state index in [1.807, 2.05) is 32.0 Å². The number of benzene rings is 2. The minimum Gasteiger partial charge on any atom is -0.508 e. The number of phenols is 1. The number of aryl methyl sites for hydroxylation is 2. The number of aromatic hydroxyl groups is 1. The van der Waals surface area contributed by atoms with Crippen LogP contribution in [0.4, 0.5) is 0 Å². The predicted octanol–water partition coefficient (Wildman–Crippen LogP) is 4.36. The Morgan fingerprint density at radius 3 is 2.21 bits per heavy atom. The molecule has 4 nitrogen and oxygen atoms in total. The molecule has 0 aromatic heterocycles. The summed E-state index contributed by atoms with van der Waals surface area (Å²) in [6.45, 7) is 8.19. The highest BCUT2D eigenvalue weighted by Gasteiger charge is 2.11. The van der Waals surface area contributed by atoms with Crippen molar-refractivity contribution in [3.8, 4) is 11.5 Å². The average molecular weight is 348 g/mol. The van der Waals surface area contributed by atoms with Crippen molar-refractivity contribution in [2.24, 2.45) is 0 Å². The molecule has 0 radical (unpaired) electrons. The number of hydrogen-bond acceptors (Lipinski definition) is 4. The topological polar surface area (TPSA) is 69.9 Å². The van der Waals surface area contributed by atoms with E-state index >= 15 is 0 Å². The lowest BCUT2D eigenvalue weighted by Crippen LogP contribution is -2.01. The fourth-order valence-corrected chi connectivity index (χ4v) is 3.09. The minimum atomic E-state index is -2.05.